The lowest BCUT2D eigenvalue weighted by Gasteiger charge is -2.26. The molecule has 3 nitrogen and oxygen atoms in total. The molecule has 1 aliphatic rings. The van der Waals surface area contributed by atoms with E-state index in [9.17, 15) is 4.79 Å². The van der Waals surface area contributed by atoms with Crippen LogP contribution in [0.2, 0.25) is 0 Å². The lowest BCUT2D eigenvalue weighted by molar-refractivity contribution is -0.141. The number of esters is 1. The summed E-state index contributed by atoms with van der Waals surface area (Å²) in [7, 11) is 1.45. The zero-order valence-corrected chi connectivity index (χ0v) is 9.81. The van der Waals surface area contributed by atoms with Crippen LogP contribution in [0.4, 0.5) is 0 Å². The van der Waals surface area contributed by atoms with E-state index in [1.165, 1.54) is 25.0 Å². The average molecular weight is 217 g/mol. The highest BCUT2D eigenvalue weighted by Gasteiger charge is 2.18. The Morgan fingerprint density at radius 1 is 1.50 bits per heavy atom. The van der Waals surface area contributed by atoms with E-state index in [0.717, 1.165) is 13.1 Å². The topological polar surface area (TPSA) is 29.5 Å². The Morgan fingerprint density at radius 3 is 3.00 bits per heavy atom. The number of carbonyl (C=O) groups excluding carboxylic acids is 1. The Balaban J connectivity index is 2.33. The SMILES string of the molecule is COC(=O)CC(C)N1CCCSCC1. The molecule has 0 amide bonds. The minimum Gasteiger partial charge on any atom is -0.469 e. The fourth-order valence-corrected chi connectivity index (χ4v) is 2.56. The Labute approximate surface area is 90.2 Å². The van der Waals surface area contributed by atoms with Gasteiger partial charge in [-0.2, -0.15) is 11.8 Å². The first kappa shape index (κ1) is 11.9. The number of hydrogen-bond donors (Lipinski definition) is 0. The van der Waals surface area contributed by atoms with Crippen molar-refractivity contribution in [1.82, 2.24) is 4.90 Å². The van der Waals surface area contributed by atoms with Crippen molar-refractivity contribution in [2.75, 3.05) is 31.7 Å². The largest absolute Gasteiger partial charge is 0.469 e. The van der Waals surface area contributed by atoms with Crippen molar-refractivity contribution in [2.24, 2.45) is 0 Å². The van der Waals surface area contributed by atoms with Gasteiger partial charge in [0.25, 0.3) is 0 Å². The molecule has 4 heteroatoms. The van der Waals surface area contributed by atoms with E-state index < -0.39 is 0 Å². The molecule has 1 rings (SSSR count). The summed E-state index contributed by atoms with van der Waals surface area (Å²) < 4.78 is 4.67. The van der Waals surface area contributed by atoms with E-state index in [0.29, 0.717) is 12.5 Å². The van der Waals surface area contributed by atoms with Crippen molar-refractivity contribution >= 4 is 17.7 Å². The van der Waals surface area contributed by atoms with Gasteiger partial charge in [-0.15, -0.1) is 0 Å². The molecule has 0 aliphatic carbocycles. The fourth-order valence-electron chi connectivity index (χ4n) is 1.66. The van der Waals surface area contributed by atoms with Crippen LogP contribution < -0.4 is 0 Å². The molecule has 0 radical (unpaired) electrons. The van der Waals surface area contributed by atoms with Crippen molar-refractivity contribution in [3.63, 3.8) is 0 Å². The van der Waals surface area contributed by atoms with Crippen LogP contribution in [0.1, 0.15) is 19.8 Å². The smallest absolute Gasteiger partial charge is 0.307 e. The maximum absolute atomic E-state index is 11.1. The van der Waals surface area contributed by atoms with E-state index in [1.807, 2.05) is 11.8 Å². The van der Waals surface area contributed by atoms with Gasteiger partial charge in [0.15, 0.2) is 0 Å². The molecule has 0 aromatic heterocycles. The quantitative estimate of drug-likeness (QED) is 0.668. The summed E-state index contributed by atoms with van der Waals surface area (Å²) in [4.78, 5) is 13.5. The number of hydrogen-bond acceptors (Lipinski definition) is 4. The first-order valence-corrected chi connectivity index (χ1v) is 6.28. The van der Waals surface area contributed by atoms with E-state index in [2.05, 4.69) is 16.6 Å². The van der Waals surface area contributed by atoms with Gasteiger partial charge < -0.3 is 4.74 Å². The molecule has 82 valence electrons. The molecular formula is C10H19NO2S. The third kappa shape index (κ3) is 3.88. The standard InChI is InChI=1S/C10H19NO2S/c1-9(8-10(12)13-2)11-4-3-6-14-7-5-11/h9H,3-8H2,1-2H3. The molecule has 0 bridgehead atoms. The van der Waals surface area contributed by atoms with Crippen LogP contribution in [-0.4, -0.2) is 48.6 Å². The number of ether oxygens (including phenoxy) is 1. The molecule has 0 aromatic rings. The second-order valence-electron chi connectivity index (χ2n) is 3.63. The number of thioether (sulfide) groups is 1. The molecule has 0 spiro atoms. The molecule has 1 atom stereocenters. The number of rotatable bonds is 3. The lowest BCUT2D eigenvalue weighted by atomic mass is 10.2. The van der Waals surface area contributed by atoms with Gasteiger partial charge in [0.1, 0.15) is 0 Å². The summed E-state index contributed by atoms with van der Waals surface area (Å²) in [6.45, 7) is 4.32. The fraction of sp³-hybridized carbons (Fsp3) is 0.900. The normalized spacial score (nSPS) is 21.3. The van der Waals surface area contributed by atoms with Crippen LogP contribution in [0.3, 0.4) is 0 Å². The van der Waals surface area contributed by atoms with Crippen molar-refractivity contribution in [2.45, 2.75) is 25.8 Å². The molecule has 1 aliphatic heterocycles. The summed E-state index contributed by atoms with van der Waals surface area (Å²) in [6.07, 6.45) is 1.75. The highest BCUT2D eigenvalue weighted by Crippen LogP contribution is 2.14. The van der Waals surface area contributed by atoms with Crippen LogP contribution in [0, 0.1) is 0 Å². The second kappa shape index (κ2) is 6.30. The number of carbonyl (C=O) groups is 1. The van der Waals surface area contributed by atoms with Crippen molar-refractivity contribution in [3.05, 3.63) is 0 Å². The minimum absolute atomic E-state index is 0.102. The third-order valence-corrected chi connectivity index (χ3v) is 3.62. The van der Waals surface area contributed by atoms with Crippen LogP contribution in [0.25, 0.3) is 0 Å². The summed E-state index contributed by atoms with van der Waals surface area (Å²) in [5.74, 6) is 2.34. The zero-order chi connectivity index (χ0) is 10.4. The summed E-state index contributed by atoms with van der Waals surface area (Å²) in [6, 6.07) is 0.321. The molecule has 0 aromatic carbocycles. The van der Waals surface area contributed by atoms with Crippen LogP contribution in [0.5, 0.6) is 0 Å². The van der Waals surface area contributed by atoms with E-state index in [4.69, 9.17) is 0 Å². The molecule has 1 saturated heterocycles. The first-order valence-electron chi connectivity index (χ1n) is 5.12. The average Bonchev–Trinajstić information content (AvgIpc) is 2.45. The van der Waals surface area contributed by atoms with Crippen molar-refractivity contribution < 1.29 is 9.53 Å². The van der Waals surface area contributed by atoms with Crippen LogP contribution in [-0.2, 0) is 9.53 Å². The second-order valence-corrected chi connectivity index (χ2v) is 4.86. The Morgan fingerprint density at radius 2 is 2.29 bits per heavy atom. The number of nitrogens with zero attached hydrogens (tertiary/aromatic N) is 1. The van der Waals surface area contributed by atoms with Gasteiger partial charge in [0.2, 0.25) is 0 Å². The van der Waals surface area contributed by atoms with Gasteiger partial charge in [0, 0.05) is 18.3 Å². The maximum atomic E-state index is 11.1. The van der Waals surface area contributed by atoms with Gasteiger partial charge in [0.05, 0.1) is 13.5 Å². The lowest BCUT2D eigenvalue weighted by Crippen LogP contribution is -2.36. The molecule has 14 heavy (non-hydrogen) atoms. The van der Waals surface area contributed by atoms with Gasteiger partial charge in [-0.05, 0) is 25.6 Å². The van der Waals surface area contributed by atoms with Gasteiger partial charge in [-0.1, -0.05) is 0 Å². The summed E-state index contributed by atoms with van der Waals surface area (Å²) in [5.41, 5.74) is 0. The van der Waals surface area contributed by atoms with Crippen molar-refractivity contribution in [1.29, 1.82) is 0 Å². The molecule has 1 fully saturated rings. The van der Waals surface area contributed by atoms with Crippen LogP contribution >= 0.6 is 11.8 Å². The Bertz CT molecular complexity index is 179. The highest BCUT2D eigenvalue weighted by atomic mass is 32.2. The summed E-state index contributed by atoms with van der Waals surface area (Å²) in [5, 5.41) is 0. The van der Waals surface area contributed by atoms with E-state index >= 15 is 0 Å². The zero-order valence-electron chi connectivity index (χ0n) is 8.99. The minimum atomic E-state index is -0.102. The highest BCUT2D eigenvalue weighted by molar-refractivity contribution is 7.99. The molecule has 1 unspecified atom stereocenters. The van der Waals surface area contributed by atoms with Crippen molar-refractivity contribution in [3.8, 4) is 0 Å². The summed E-state index contributed by atoms with van der Waals surface area (Å²) >= 11 is 2.00. The van der Waals surface area contributed by atoms with Gasteiger partial charge >= 0.3 is 5.97 Å². The van der Waals surface area contributed by atoms with Gasteiger partial charge in [-0.3, -0.25) is 9.69 Å². The Kier molecular flexibility index (Phi) is 5.33. The third-order valence-electron chi connectivity index (χ3n) is 2.57. The van der Waals surface area contributed by atoms with E-state index in [1.54, 1.807) is 0 Å². The molecule has 0 N–H and O–H groups in total. The Hall–Kier alpha value is -0.220. The molecular weight excluding hydrogens is 198 g/mol. The molecule has 0 saturated carbocycles. The number of methoxy groups -OCH3 is 1. The first-order chi connectivity index (χ1) is 6.74. The predicted molar refractivity (Wildman–Crippen MR) is 59.6 cm³/mol. The maximum Gasteiger partial charge on any atom is 0.307 e. The predicted octanol–water partition coefficient (Wildman–Crippen LogP) is 1.38. The monoisotopic (exact) mass is 217 g/mol. The van der Waals surface area contributed by atoms with Gasteiger partial charge in [-0.25, -0.2) is 0 Å². The molecule has 1 heterocycles. The van der Waals surface area contributed by atoms with Crippen LogP contribution in [0.15, 0.2) is 0 Å². The van der Waals surface area contributed by atoms with E-state index in [-0.39, 0.29) is 5.97 Å².